The molecule has 1 aromatic rings. The molecule has 1 amide bonds. The van der Waals surface area contributed by atoms with Gasteiger partial charge in [-0.25, -0.2) is 18.0 Å². The van der Waals surface area contributed by atoms with Crippen molar-refractivity contribution in [1.82, 2.24) is 4.90 Å². The molecule has 2 saturated heterocycles. The maximum Gasteiger partial charge on any atom is 0.410 e. The van der Waals surface area contributed by atoms with Crippen LogP contribution in [0.25, 0.3) is 0 Å². The van der Waals surface area contributed by atoms with Crippen LogP contribution in [-0.4, -0.2) is 54.6 Å². The van der Waals surface area contributed by atoms with Gasteiger partial charge in [0.1, 0.15) is 22.5 Å². The molecule has 136 valence electrons. The van der Waals surface area contributed by atoms with Gasteiger partial charge in [-0.3, -0.25) is 4.90 Å². The highest BCUT2D eigenvalue weighted by atomic mass is 32.2. The van der Waals surface area contributed by atoms with Crippen molar-refractivity contribution in [3.63, 3.8) is 0 Å². The molecule has 1 N–H and O–H groups in total. The summed E-state index contributed by atoms with van der Waals surface area (Å²) in [6.45, 7) is 0.303. The summed E-state index contributed by atoms with van der Waals surface area (Å²) in [4.78, 5) is 25.2. The van der Waals surface area contributed by atoms with Crippen molar-refractivity contribution in [3.05, 3.63) is 35.9 Å². The molecular formula is C17H21NO6S. The maximum atomic E-state index is 12.4. The minimum absolute atomic E-state index is 0.0479. The number of carbonyl (C=O) groups is 2. The lowest BCUT2D eigenvalue weighted by Crippen LogP contribution is -2.41. The van der Waals surface area contributed by atoms with Crippen molar-refractivity contribution < 1.29 is 27.9 Å². The maximum absolute atomic E-state index is 12.4. The lowest BCUT2D eigenvalue weighted by molar-refractivity contribution is -0.141. The van der Waals surface area contributed by atoms with Crippen LogP contribution in [0.3, 0.4) is 0 Å². The number of hydrogen-bond donors (Lipinski definition) is 1. The minimum atomic E-state index is -3.05. The van der Waals surface area contributed by atoms with Crippen LogP contribution in [0, 0.1) is 5.41 Å². The highest BCUT2D eigenvalue weighted by molar-refractivity contribution is 7.91. The van der Waals surface area contributed by atoms with Gasteiger partial charge in [0.25, 0.3) is 0 Å². The van der Waals surface area contributed by atoms with Crippen LogP contribution in [0.1, 0.15) is 24.8 Å². The van der Waals surface area contributed by atoms with Crippen LogP contribution >= 0.6 is 0 Å². The first kappa shape index (κ1) is 17.7. The standard InChI is InChI=1S/C17H21NO6S/c19-15(20)14-10-17(6-8-25(22,23)9-7-17)12-18(14)16(21)24-11-13-4-2-1-3-5-13/h1-5,14H,6-12H2,(H,19,20). The summed E-state index contributed by atoms with van der Waals surface area (Å²) < 4.78 is 28.6. The van der Waals surface area contributed by atoms with E-state index < -0.39 is 33.4 Å². The Morgan fingerprint density at radius 3 is 2.44 bits per heavy atom. The molecule has 25 heavy (non-hydrogen) atoms. The third-order valence-electron chi connectivity index (χ3n) is 5.12. The Kier molecular flexibility index (Phi) is 4.73. The summed E-state index contributed by atoms with van der Waals surface area (Å²) in [6, 6.07) is 8.18. The lowest BCUT2D eigenvalue weighted by Gasteiger charge is -2.32. The summed E-state index contributed by atoms with van der Waals surface area (Å²) in [5, 5.41) is 9.47. The summed E-state index contributed by atoms with van der Waals surface area (Å²) >= 11 is 0. The molecule has 0 bridgehead atoms. The van der Waals surface area contributed by atoms with Gasteiger partial charge in [-0.2, -0.15) is 0 Å². The number of hydrogen-bond acceptors (Lipinski definition) is 5. The van der Waals surface area contributed by atoms with Crippen molar-refractivity contribution >= 4 is 21.9 Å². The van der Waals surface area contributed by atoms with E-state index in [4.69, 9.17) is 4.74 Å². The Balaban J connectivity index is 1.68. The van der Waals surface area contributed by atoms with Crippen molar-refractivity contribution in [2.75, 3.05) is 18.1 Å². The van der Waals surface area contributed by atoms with Gasteiger partial charge in [0.15, 0.2) is 0 Å². The Labute approximate surface area is 146 Å². The average molecular weight is 367 g/mol. The second kappa shape index (κ2) is 6.67. The predicted molar refractivity (Wildman–Crippen MR) is 89.7 cm³/mol. The molecule has 1 aromatic carbocycles. The van der Waals surface area contributed by atoms with Crippen LogP contribution in [0.5, 0.6) is 0 Å². The molecule has 2 heterocycles. The van der Waals surface area contributed by atoms with E-state index in [1.807, 2.05) is 30.3 Å². The first-order valence-electron chi connectivity index (χ1n) is 8.21. The first-order valence-corrected chi connectivity index (χ1v) is 10.0. The molecule has 3 rings (SSSR count). The van der Waals surface area contributed by atoms with Crippen molar-refractivity contribution in [3.8, 4) is 0 Å². The molecule has 1 spiro atoms. The second-order valence-corrected chi connectivity index (χ2v) is 9.18. The number of nitrogens with zero attached hydrogens (tertiary/aromatic N) is 1. The Hall–Kier alpha value is -2.09. The first-order chi connectivity index (χ1) is 11.8. The fourth-order valence-electron chi connectivity index (χ4n) is 3.60. The molecule has 1 unspecified atom stereocenters. The van der Waals surface area contributed by atoms with Crippen molar-refractivity contribution in [2.24, 2.45) is 5.41 Å². The molecule has 8 heteroatoms. The second-order valence-electron chi connectivity index (χ2n) is 6.88. The third kappa shape index (κ3) is 3.95. The molecule has 1 atom stereocenters. The quantitative estimate of drug-likeness (QED) is 0.872. The van der Waals surface area contributed by atoms with Gasteiger partial charge in [0.2, 0.25) is 0 Å². The van der Waals surface area contributed by atoms with Gasteiger partial charge in [-0.05, 0) is 30.2 Å². The van der Waals surface area contributed by atoms with E-state index >= 15 is 0 Å². The Morgan fingerprint density at radius 1 is 1.20 bits per heavy atom. The molecule has 0 saturated carbocycles. The number of sulfone groups is 1. The average Bonchev–Trinajstić information content (AvgIpc) is 2.97. The summed E-state index contributed by atoms with van der Waals surface area (Å²) in [5.74, 6) is -0.986. The molecular weight excluding hydrogens is 346 g/mol. The highest BCUT2D eigenvalue weighted by Gasteiger charge is 2.51. The number of aliphatic carboxylic acids is 1. The molecule has 2 fully saturated rings. The fraction of sp³-hybridized carbons (Fsp3) is 0.529. The predicted octanol–water partition coefficient (Wildman–Crippen LogP) is 1.68. The van der Waals surface area contributed by atoms with E-state index in [0.717, 1.165) is 5.56 Å². The van der Waals surface area contributed by atoms with E-state index in [-0.39, 0.29) is 31.1 Å². The lowest BCUT2D eigenvalue weighted by atomic mass is 9.80. The topological polar surface area (TPSA) is 101 Å². The molecule has 2 aliphatic rings. The number of likely N-dealkylation sites (tertiary alicyclic amines) is 1. The number of carboxylic acids is 1. The van der Waals surface area contributed by atoms with Crippen LogP contribution in [0.4, 0.5) is 4.79 Å². The summed E-state index contributed by atoms with van der Waals surface area (Å²) in [6.07, 6.45) is 0.392. The number of amides is 1. The van der Waals surface area contributed by atoms with Gasteiger partial charge in [0.05, 0.1) is 11.5 Å². The van der Waals surface area contributed by atoms with E-state index in [2.05, 4.69) is 0 Å². The van der Waals surface area contributed by atoms with Crippen LogP contribution in [0.15, 0.2) is 30.3 Å². The zero-order chi connectivity index (χ0) is 18.1. The van der Waals surface area contributed by atoms with E-state index in [1.54, 1.807) is 0 Å². The fourth-order valence-corrected chi connectivity index (χ4v) is 5.30. The van der Waals surface area contributed by atoms with E-state index in [1.165, 1.54) is 4.90 Å². The SMILES string of the molecule is O=C(O)C1CC2(CCS(=O)(=O)CC2)CN1C(=O)OCc1ccccc1. The zero-order valence-corrected chi connectivity index (χ0v) is 14.6. The van der Waals surface area contributed by atoms with Crippen LogP contribution in [-0.2, 0) is 26.0 Å². The molecule has 0 radical (unpaired) electrons. The van der Waals surface area contributed by atoms with Gasteiger partial charge < -0.3 is 9.84 Å². The van der Waals surface area contributed by atoms with Gasteiger partial charge in [-0.15, -0.1) is 0 Å². The molecule has 0 aliphatic carbocycles. The molecule has 2 aliphatic heterocycles. The largest absolute Gasteiger partial charge is 0.480 e. The van der Waals surface area contributed by atoms with Gasteiger partial charge >= 0.3 is 12.1 Å². The number of carbonyl (C=O) groups excluding carboxylic acids is 1. The number of ether oxygens (including phenoxy) is 1. The Morgan fingerprint density at radius 2 is 1.84 bits per heavy atom. The monoisotopic (exact) mass is 367 g/mol. The summed E-state index contributed by atoms with van der Waals surface area (Å²) in [7, 11) is -3.05. The zero-order valence-electron chi connectivity index (χ0n) is 13.8. The number of carboxylic acid groups (broad SMARTS) is 1. The van der Waals surface area contributed by atoms with Crippen molar-refractivity contribution in [2.45, 2.75) is 31.9 Å². The van der Waals surface area contributed by atoms with Crippen LogP contribution in [0.2, 0.25) is 0 Å². The summed E-state index contributed by atoms with van der Waals surface area (Å²) in [5.41, 5.74) is 0.376. The number of rotatable bonds is 3. The van der Waals surface area contributed by atoms with Gasteiger partial charge in [0, 0.05) is 6.54 Å². The highest BCUT2D eigenvalue weighted by Crippen LogP contribution is 2.44. The van der Waals surface area contributed by atoms with E-state index in [0.29, 0.717) is 12.8 Å². The smallest absolute Gasteiger partial charge is 0.410 e. The van der Waals surface area contributed by atoms with E-state index in [9.17, 15) is 23.1 Å². The third-order valence-corrected chi connectivity index (χ3v) is 6.77. The normalized spacial score (nSPS) is 24.2. The minimum Gasteiger partial charge on any atom is -0.480 e. The number of benzene rings is 1. The van der Waals surface area contributed by atoms with Crippen molar-refractivity contribution in [1.29, 1.82) is 0 Å². The van der Waals surface area contributed by atoms with Gasteiger partial charge in [-0.1, -0.05) is 30.3 Å². The van der Waals surface area contributed by atoms with Crippen LogP contribution < -0.4 is 0 Å². The molecule has 7 nitrogen and oxygen atoms in total. The Bertz CT molecular complexity index is 747. The molecule has 0 aromatic heterocycles.